The van der Waals surface area contributed by atoms with Crippen molar-refractivity contribution in [2.75, 3.05) is 13.1 Å². The minimum atomic E-state index is 0.0931. The van der Waals surface area contributed by atoms with Crippen LogP contribution in [0, 0.1) is 5.92 Å². The first-order chi connectivity index (χ1) is 8.74. The van der Waals surface area contributed by atoms with E-state index in [4.69, 9.17) is 0 Å². The molecule has 0 spiro atoms. The van der Waals surface area contributed by atoms with Crippen LogP contribution in [0.1, 0.15) is 43.5 Å². The van der Waals surface area contributed by atoms with Crippen LogP contribution < -0.4 is 0 Å². The maximum Gasteiger partial charge on any atom is 0.167 e. The zero-order chi connectivity index (χ0) is 13.0. The van der Waals surface area contributed by atoms with Crippen molar-refractivity contribution in [3.8, 4) is 0 Å². The first kappa shape index (κ1) is 13.3. The summed E-state index contributed by atoms with van der Waals surface area (Å²) >= 11 is 0. The molecule has 0 bridgehead atoms. The Hall–Kier alpha value is -1.15. The van der Waals surface area contributed by atoms with Crippen molar-refractivity contribution >= 4 is 5.78 Å². The maximum atomic E-state index is 12.5. The van der Waals surface area contributed by atoms with Gasteiger partial charge in [0, 0.05) is 17.5 Å². The molecule has 0 saturated carbocycles. The SMILES string of the molecule is CCC(C(C)C(=O)c1ccccc1)N1CCCC1. The lowest BCUT2D eigenvalue weighted by atomic mass is 9.90. The van der Waals surface area contributed by atoms with E-state index in [9.17, 15) is 4.79 Å². The van der Waals surface area contributed by atoms with E-state index in [2.05, 4.69) is 18.7 Å². The monoisotopic (exact) mass is 245 g/mol. The number of ketones is 1. The van der Waals surface area contributed by atoms with Crippen LogP contribution in [0.2, 0.25) is 0 Å². The number of Topliss-reactive ketones (excluding diaryl/α,β-unsaturated/α-hetero) is 1. The third kappa shape index (κ3) is 2.81. The summed E-state index contributed by atoms with van der Waals surface area (Å²) in [5.41, 5.74) is 0.850. The van der Waals surface area contributed by atoms with E-state index >= 15 is 0 Å². The van der Waals surface area contributed by atoms with Crippen molar-refractivity contribution in [1.82, 2.24) is 4.90 Å². The molecule has 1 aliphatic rings. The van der Waals surface area contributed by atoms with Gasteiger partial charge in [-0.1, -0.05) is 44.2 Å². The van der Waals surface area contributed by atoms with Crippen LogP contribution in [-0.2, 0) is 0 Å². The third-order valence-electron chi connectivity index (χ3n) is 4.08. The van der Waals surface area contributed by atoms with Crippen molar-refractivity contribution in [2.24, 2.45) is 5.92 Å². The Morgan fingerprint density at radius 2 is 1.83 bits per heavy atom. The molecule has 0 N–H and O–H groups in total. The second kappa shape index (κ2) is 6.14. The molecule has 18 heavy (non-hydrogen) atoms. The largest absolute Gasteiger partial charge is 0.300 e. The average Bonchev–Trinajstić information content (AvgIpc) is 2.93. The molecule has 0 radical (unpaired) electrons. The van der Waals surface area contributed by atoms with Crippen LogP contribution in [0.5, 0.6) is 0 Å². The molecule has 1 aromatic carbocycles. The number of likely N-dealkylation sites (tertiary alicyclic amines) is 1. The predicted octanol–water partition coefficient (Wildman–Crippen LogP) is 3.38. The lowest BCUT2D eigenvalue weighted by Gasteiger charge is -2.31. The number of benzene rings is 1. The minimum Gasteiger partial charge on any atom is -0.300 e. The second-order valence-electron chi connectivity index (χ2n) is 5.24. The van der Waals surface area contributed by atoms with Gasteiger partial charge in [-0.3, -0.25) is 9.69 Å². The van der Waals surface area contributed by atoms with Crippen LogP contribution in [0.15, 0.2) is 30.3 Å². The van der Waals surface area contributed by atoms with Gasteiger partial charge in [0.2, 0.25) is 0 Å². The van der Waals surface area contributed by atoms with Gasteiger partial charge in [0.25, 0.3) is 0 Å². The van der Waals surface area contributed by atoms with E-state index in [0.29, 0.717) is 6.04 Å². The number of rotatable bonds is 5. The molecule has 2 rings (SSSR count). The van der Waals surface area contributed by atoms with E-state index in [1.54, 1.807) is 0 Å². The fourth-order valence-corrected chi connectivity index (χ4v) is 3.04. The number of hydrogen-bond acceptors (Lipinski definition) is 2. The van der Waals surface area contributed by atoms with E-state index in [0.717, 1.165) is 25.1 Å². The molecule has 2 unspecified atom stereocenters. The summed E-state index contributed by atoms with van der Waals surface area (Å²) in [6, 6.07) is 10.1. The molecule has 1 aromatic rings. The highest BCUT2D eigenvalue weighted by Gasteiger charge is 2.29. The first-order valence-corrected chi connectivity index (χ1v) is 7.07. The highest BCUT2D eigenvalue weighted by molar-refractivity contribution is 5.98. The molecule has 0 aliphatic carbocycles. The number of carbonyl (C=O) groups excluding carboxylic acids is 1. The van der Waals surface area contributed by atoms with Crippen LogP contribution >= 0.6 is 0 Å². The number of nitrogens with zero attached hydrogens (tertiary/aromatic N) is 1. The highest BCUT2D eigenvalue weighted by atomic mass is 16.1. The van der Waals surface area contributed by atoms with Crippen molar-refractivity contribution in [2.45, 2.75) is 39.2 Å². The van der Waals surface area contributed by atoms with Gasteiger partial charge in [-0.05, 0) is 32.4 Å². The van der Waals surface area contributed by atoms with Crippen LogP contribution in [-0.4, -0.2) is 29.8 Å². The van der Waals surface area contributed by atoms with Crippen LogP contribution in [0.25, 0.3) is 0 Å². The molecule has 2 nitrogen and oxygen atoms in total. The lowest BCUT2D eigenvalue weighted by Crippen LogP contribution is -2.40. The molecule has 0 amide bonds. The molecular weight excluding hydrogens is 222 g/mol. The average molecular weight is 245 g/mol. The zero-order valence-electron chi connectivity index (χ0n) is 11.4. The third-order valence-corrected chi connectivity index (χ3v) is 4.08. The normalized spacial score (nSPS) is 19.7. The lowest BCUT2D eigenvalue weighted by molar-refractivity contribution is 0.0824. The zero-order valence-corrected chi connectivity index (χ0v) is 11.4. The van der Waals surface area contributed by atoms with Gasteiger partial charge >= 0.3 is 0 Å². The number of hydrogen-bond donors (Lipinski definition) is 0. The summed E-state index contributed by atoms with van der Waals surface area (Å²) < 4.78 is 0. The standard InChI is InChI=1S/C16H23NO/c1-3-15(17-11-7-8-12-17)13(2)16(18)14-9-5-4-6-10-14/h4-6,9-10,13,15H,3,7-8,11-12H2,1-2H3. The molecular formula is C16H23NO. The smallest absolute Gasteiger partial charge is 0.167 e. The summed E-state index contributed by atoms with van der Waals surface area (Å²) in [4.78, 5) is 15.0. The van der Waals surface area contributed by atoms with Gasteiger partial charge in [0.15, 0.2) is 5.78 Å². The van der Waals surface area contributed by atoms with Gasteiger partial charge in [-0.15, -0.1) is 0 Å². The van der Waals surface area contributed by atoms with E-state index in [-0.39, 0.29) is 11.7 Å². The van der Waals surface area contributed by atoms with E-state index in [1.807, 2.05) is 30.3 Å². The van der Waals surface area contributed by atoms with Gasteiger partial charge < -0.3 is 0 Å². The molecule has 1 heterocycles. The van der Waals surface area contributed by atoms with Crippen molar-refractivity contribution in [3.05, 3.63) is 35.9 Å². The Bertz CT molecular complexity index is 381. The van der Waals surface area contributed by atoms with E-state index in [1.165, 1.54) is 12.8 Å². The van der Waals surface area contributed by atoms with E-state index < -0.39 is 0 Å². The molecule has 2 atom stereocenters. The van der Waals surface area contributed by atoms with Gasteiger partial charge in [0.1, 0.15) is 0 Å². The van der Waals surface area contributed by atoms with Gasteiger partial charge in [-0.25, -0.2) is 0 Å². The van der Waals surface area contributed by atoms with Crippen molar-refractivity contribution in [3.63, 3.8) is 0 Å². The van der Waals surface area contributed by atoms with Gasteiger partial charge in [-0.2, -0.15) is 0 Å². The molecule has 1 aliphatic heterocycles. The minimum absolute atomic E-state index is 0.0931. The summed E-state index contributed by atoms with van der Waals surface area (Å²) in [5, 5.41) is 0. The fraction of sp³-hybridized carbons (Fsp3) is 0.562. The Morgan fingerprint density at radius 3 is 2.39 bits per heavy atom. The quantitative estimate of drug-likeness (QED) is 0.741. The molecule has 1 fully saturated rings. The highest BCUT2D eigenvalue weighted by Crippen LogP contribution is 2.23. The van der Waals surface area contributed by atoms with Crippen molar-refractivity contribution < 1.29 is 4.79 Å². The fourth-order valence-electron chi connectivity index (χ4n) is 3.04. The molecule has 98 valence electrons. The van der Waals surface area contributed by atoms with Gasteiger partial charge in [0.05, 0.1) is 0 Å². The van der Waals surface area contributed by atoms with Crippen LogP contribution in [0.3, 0.4) is 0 Å². The molecule has 0 aromatic heterocycles. The Kier molecular flexibility index (Phi) is 4.54. The molecule has 1 saturated heterocycles. The summed E-state index contributed by atoms with van der Waals surface area (Å²) in [6.45, 7) is 6.59. The topological polar surface area (TPSA) is 20.3 Å². The summed E-state index contributed by atoms with van der Waals surface area (Å²) in [5.74, 6) is 0.379. The Labute approximate surface area is 110 Å². The first-order valence-electron chi connectivity index (χ1n) is 7.07. The summed E-state index contributed by atoms with van der Waals surface area (Å²) in [6.07, 6.45) is 3.62. The van der Waals surface area contributed by atoms with Crippen LogP contribution in [0.4, 0.5) is 0 Å². The summed E-state index contributed by atoms with van der Waals surface area (Å²) in [7, 11) is 0. The maximum absolute atomic E-state index is 12.5. The predicted molar refractivity (Wildman–Crippen MR) is 74.8 cm³/mol. The van der Waals surface area contributed by atoms with Crippen molar-refractivity contribution in [1.29, 1.82) is 0 Å². The Morgan fingerprint density at radius 1 is 1.22 bits per heavy atom. The number of carbonyl (C=O) groups is 1. The Balaban J connectivity index is 2.09. The molecule has 2 heteroatoms. The second-order valence-corrected chi connectivity index (χ2v) is 5.24.